The largest absolute Gasteiger partial charge is 0.481 e. The van der Waals surface area contributed by atoms with Crippen LogP contribution in [0, 0.1) is 23.6 Å². The highest BCUT2D eigenvalue weighted by molar-refractivity contribution is 5.70. The van der Waals surface area contributed by atoms with Gasteiger partial charge in [0.15, 0.2) is 0 Å². The third-order valence-electron chi connectivity index (χ3n) is 4.40. The maximum absolute atomic E-state index is 13.8. The third-order valence-corrected chi connectivity index (χ3v) is 4.40. The number of benzene rings is 1. The zero-order valence-electron chi connectivity index (χ0n) is 10.8. The molecule has 0 radical (unpaired) electrons. The quantitative estimate of drug-likeness (QED) is 0.892. The lowest BCUT2D eigenvalue weighted by atomic mass is 9.72. The lowest BCUT2D eigenvalue weighted by Crippen LogP contribution is -2.46. The molecule has 2 bridgehead atoms. The van der Waals surface area contributed by atoms with Gasteiger partial charge in [0.25, 0.3) is 0 Å². The van der Waals surface area contributed by atoms with Crippen LogP contribution < -0.4 is 4.90 Å². The minimum absolute atomic E-state index is 0.183. The van der Waals surface area contributed by atoms with Gasteiger partial charge in [-0.3, -0.25) is 4.79 Å². The fourth-order valence-electron chi connectivity index (χ4n) is 3.67. The minimum atomic E-state index is -0.672. The SMILES string of the molecule is O=C(O)C1CC2CC(C1)CN(c1ccccc1F)C2. The van der Waals surface area contributed by atoms with Crippen LogP contribution in [0.25, 0.3) is 0 Å². The zero-order chi connectivity index (χ0) is 13.4. The van der Waals surface area contributed by atoms with Gasteiger partial charge >= 0.3 is 5.97 Å². The standard InChI is InChI=1S/C15H18FNO2/c16-13-3-1-2-4-14(13)17-8-10-5-11(9-17)7-12(6-10)15(18)19/h1-4,10-12H,5-9H2,(H,18,19). The molecule has 1 aliphatic heterocycles. The number of rotatable bonds is 2. The molecule has 0 aromatic heterocycles. The highest BCUT2D eigenvalue weighted by Gasteiger charge is 2.38. The van der Waals surface area contributed by atoms with Crippen LogP contribution in [-0.4, -0.2) is 24.2 Å². The van der Waals surface area contributed by atoms with Gasteiger partial charge < -0.3 is 10.0 Å². The van der Waals surface area contributed by atoms with Crippen molar-refractivity contribution in [3.8, 4) is 0 Å². The van der Waals surface area contributed by atoms with E-state index in [2.05, 4.69) is 4.90 Å². The molecule has 102 valence electrons. The maximum Gasteiger partial charge on any atom is 0.306 e. The van der Waals surface area contributed by atoms with Crippen molar-refractivity contribution < 1.29 is 14.3 Å². The monoisotopic (exact) mass is 263 g/mol. The smallest absolute Gasteiger partial charge is 0.306 e. The van der Waals surface area contributed by atoms with E-state index in [1.54, 1.807) is 6.07 Å². The summed E-state index contributed by atoms with van der Waals surface area (Å²) in [5.41, 5.74) is 0.658. The van der Waals surface area contributed by atoms with Gasteiger partial charge in [0.1, 0.15) is 5.82 Å². The van der Waals surface area contributed by atoms with Crippen LogP contribution in [0.1, 0.15) is 19.3 Å². The van der Waals surface area contributed by atoms with Gasteiger partial charge in [0.2, 0.25) is 0 Å². The Balaban J connectivity index is 1.77. The Morgan fingerprint density at radius 1 is 1.16 bits per heavy atom. The minimum Gasteiger partial charge on any atom is -0.481 e. The Kier molecular flexibility index (Phi) is 3.17. The number of carbonyl (C=O) groups is 1. The fraction of sp³-hybridized carbons (Fsp3) is 0.533. The molecule has 1 aromatic carbocycles. The molecule has 2 aliphatic rings. The number of anilines is 1. The van der Waals surface area contributed by atoms with Crippen LogP contribution >= 0.6 is 0 Å². The summed E-state index contributed by atoms with van der Waals surface area (Å²) in [7, 11) is 0. The molecule has 2 unspecified atom stereocenters. The van der Waals surface area contributed by atoms with Crippen molar-refractivity contribution in [3.63, 3.8) is 0 Å². The summed E-state index contributed by atoms with van der Waals surface area (Å²) in [5, 5.41) is 9.15. The predicted molar refractivity (Wildman–Crippen MR) is 70.6 cm³/mol. The maximum atomic E-state index is 13.8. The van der Waals surface area contributed by atoms with E-state index >= 15 is 0 Å². The van der Waals surface area contributed by atoms with Gasteiger partial charge in [-0.05, 0) is 43.2 Å². The fourth-order valence-corrected chi connectivity index (χ4v) is 3.67. The average Bonchev–Trinajstić information content (AvgIpc) is 2.38. The molecular formula is C15H18FNO2. The lowest BCUT2D eigenvalue weighted by Gasteiger charge is -2.44. The van der Waals surface area contributed by atoms with Gasteiger partial charge in [-0.2, -0.15) is 0 Å². The molecule has 1 N–H and O–H groups in total. The summed E-state index contributed by atoms with van der Waals surface area (Å²) in [6.45, 7) is 1.56. The Labute approximate surface area is 112 Å². The lowest BCUT2D eigenvalue weighted by molar-refractivity contribution is -0.144. The Morgan fingerprint density at radius 3 is 2.37 bits per heavy atom. The van der Waals surface area contributed by atoms with Crippen molar-refractivity contribution in [3.05, 3.63) is 30.1 Å². The summed E-state index contributed by atoms with van der Waals surface area (Å²) in [6.07, 6.45) is 2.56. The van der Waals surface area contributed by atoms with Crippen molar-refractivity contribution >= 4 is 11.7 Å². The number of carboxylic acids is 1. The van der Waals surface area contributed by atoms with Gasteiger partial charge in [-0.15, -0.1) is 0 Å². The molecule has 1 saturated carbocycles. The number of nitrogens with zero attached hydrogens (tertiary/aromatic N) is 1. The average molecular weight is 263 g/mol. The summed E-state index contributed by atoms with van der Waals surface area (Å²) >= 11 is 0. The van der Waals surface area contributed by atoms with Crippen LogP contribution in [-0.2, 0) is 4.79 Å². The summed E-state index contributed by atoms with van der Waals surface area (Å²) in [5.74, 6) is -0.292. The highest BCUT2D eigenvalue weighted by Crippen LogP contribution is 2.39. The molecule has 1 saturated heterocycles. The highest BCUT2D eigenvalue weighted by atomic mass is 19.1. The molecule has 2 fully saturated rings. The van der Waals surface area contributed by atoms with Gasteiger partial charge in [-0.1, -0.05) is 12.1 Å². The predicted octanol–water partition coefficient (Wildman–Crippen LogP) is 2.76. The van der Waals surface area contributed by atoms with Crippen LogP contribution in [0.5, 0.6) is 0 Å². The van der Waals surface area contributed by atoms with E-state index in [0.717, 1.165) is 32.4 Å². The summed E-state index contributed by atoms with van der Waals surface area (Å²) < 4.78 is 13.8. The van der Waals surface area contributed by atoms with Crippen LogP contribution in [0.3, 0.4) is 0 Å². The van der Waals surface area contributed by atoms with Crippen LogP contribution in [0.2, 0.25) is 0 Å². The number of aliphatic carboxylic acids is 1. The Morgan fingerprint density at radius 2 is 1.79 bits per heavy atom. The number of carboxylic acid groups (broad SMARTS) is 1. The Hall–Kier alpha value is -1.58. The van der Waals surface area contributed by atoms with E-state index in [9.17, 15) is 9.18 Å². The van der Waals surface area contributed by atoms with Crippen molar-refractivity contribution in [2.75, 3.05) is 18.0 Å². The third kappa shape index (κ3) is 2.44. The summed E-state index contributed by atoms with van der Waals surface area (Å²) in [6, 6.07) is 6.84. The molecule has 19 heavy (non-hydrogen) atoms. The summed E-state index contributed by atoms with van der Waals surface area (Å²) in [4.78, 5) is 13.2. The molecule has 3 rings (SSSR count). The van der Waals surface area contributed by atoms with Crippen molar-refractivity contribution in [1.82, 2.24) is 0 Å². The molecule has 0 spiro atoms. The van der Waals surface area contributed by atoms with E-state index in [1.807, 2.05) is 12.1 Å². The second-order valence-corrected chi connectivity index (χ2v) is 5.83. The first-order valence-corrected chi connectivity index (χ1v) is 6.85. The van der Waals surface area contributed by atoms with E-state index in [-0.39, 0.29) is 11.7 Å². The van der Waals surface area contributed by atoms with Crippen LogP contribution in [0.4, 0.5) is 10.1 Å². The van der Waals surface area contributed by atoms with E-state index in [1.165, 1.54) is 6.07 Å². The molecule has 2 atom stereocenters. The first-order chi connectivity index (χ1) is 9.13. The number of fused-ring (bicyclic) bond motifs is 2. The normalized spacial score (nSPS) is 30.2. The van der Waals surface area contributed by atoms with Gasteiger partial charge in [0.05, 0.1) is 11.6 Å². The van der Waals surface area contributed by atoms with Crippen molar-refractivity contribution in [2.24, 2.45) is 17.8 Å². The molecular weight excluding hydrogens is 245 g/mol. The van der Waals surface area contributed by atoms with E-state index < -0.39 is 5.97 Å². The van der Waals surface area contributed by atoms with Gasteiger partial charge in [-0.25, -0.2) is 4.39 Å². The van der Waals surface area contributed by atoms with E-state index in [4.69, 9.17) is 5.11 Å². The number of piperidine rings is 1. The first kappa shape index (κ1) is 12.5. The molecule has 0 amide bonds. The molecule has 1 heterocycles. The number of hydrogen-bond acceptors (Lipinski definition) is 2. The van der Waals surface area contributed by atoms with Gasteiger partial charge in [0, 0.05) is 13.1 Å². The first-order valence-electron chi connectivity index (χ1n) is 6.85. The second-order valence-electron chi connectivity index (χ2n) is 5.83. The zero-order valence-corrected chi connectivity index (χ0v) is 10.8. The topological polar surface area (TPSA) is 40.5 Å². The second kappa shape index (κ2) is 4.83. The molecule has 1 aliphatic carbocycles. The molecule has 4 heteroatoms. The van der Waals surface area contributed by atoms with Crippen LogP contribution in [0.15, 0.2) is 24.3 Å². The number of halogens is 1. The molecule has 3 nitrogen and oxygen atoms in total. The number of para-hydroxylation sites is 1. The molecule has 1 aromatic rings. The van der Waals surface area contributed by atoms with E-state index in [0.29, 0.717) is 17.5 Å². The Bertz CT molecular complexity index is 477. The van der Waals surface area contributed by atoms with Crippen molar-refractivity contribution in [2.45, 2.75) is 19.3 Å². The van der Waals surface area contributed by atoms with Crippen molar-refractivity contribution in [1.29, 1.82) is 0 Å². The number of hydrogen-bond donors (Lipinski definition) is 1.